The lowest BCUT2D eigenvalue weighted by Crippen LogP contribution is -2.54. The SMILES string of the molecule is CC1CC(N)(CC2CC(F)(F)C2)C1. The van der Waals surface area contributed by atoms with E-state index in [1.54, 1.807) is 0 Å². The highest BCUT2D eigenvalue weighted by Crippen LogP contribution is 2.49. The highest BCUT2D eigenvalue weighted by Gasteiger charge is 2.49. The molecule has 1 nitrogen and oxygen atoms in total. The second kappa shape index (κ2) is 2.66. The van der Waals surface area contributed by atoms with Gasteiger partial charge in [-0.05, 0) is 31.1 Å². The summed E-state index contributed by atoms with van der Waals surface area (Å²) in [7, 11) is 0. The molecule has 13 heavy (non-hydrogen) atoms. The molecular formula is C10H17F2N. The quantitative estimate of drug-likeness (QED) is 0.709. The molecule has 2 N–H and O–H groups in total. The molecule has 0 aliphatic heterocycles. The van der Waals surface area contributed by atoms with Gasteiger partial charge in [0.15, 0.2) is 0 Å². The molecule has 0 amide bonds. The zero-order chi connectivity index (χ0) is 9.69. The Morgan fingerprint density at radius 1 is 1.23 bits per heavy atom. The first-order chi connectivity index (χ1) is 5.89. The van der Waals surface area contributed by atoms with E-state index in [0.717, 1.165) is 19.3 Å². The Bertz CT molecular complexity index is 201. The topological polar surface area (TPSA) is 26.0 Å². The zero-order valence-electron chi connectivity index (χ0n) is 8.02. The Balaban J connectivity index is 1.75. The first-order valence-electron chi connectivity index (χ1n) is 5.05. The summed E-state index contributed by atoms with van der Waals surface area (Å²) in [6, 6.07) is 0. The van der Waals surface area contributed by atoms with E-state index in [9.17, 15) is 8.78 Å². The summed E-state index contributed by atoms with van der Waals surface area (Å²) in [6.45, 7) is 2.17. The van der Waals surface area contributed by atoms with Gasteiger partial charge in [-0.15, -0.1) is 0 Å². The van der Waals surface area contributed by atoms with E-state index in [0.29, 0.717) is 5.92 Å². The van der Waals surface area contributed by atoms with E-state index in [-0.39, 0.29) is 24.3 Å². The monoisotopic (exact) mass is 189 g/mol. The van der Waals surface area contributed by atoms with Crippen molar-refractivity contribution in [2.75, 3.05) is 0 Å². The van der Waals surface area contributed by atoms with Gasteiger partial charge in [0, 0.05) is 18.4 Å². The van der Waals surface area contributed by atoms with Gasteiger partial charge in [-0.3, -0.25) is 0 Å². The first kappa shape index (κ1) is 9.38. The van der Waals surface area contributed by atoms with Gasteiger partial charge >= 0.3 is 0 Å². The highest BCUT2D eigenvalue weighted by molar-refractivity contribution is 5.01. The van der Waals surface area contributed by atoms with E-state index < -0.39 is 5.92 Å². The van der Waals surface area contributed by atoms with Crippen LogP contribution in [0.15, 0.2) is 0 Å². The molecule has 0 radical (unpaired) electrons. The van der Waals surface area contributed by atoms with Crippen molar-refractivity contribution in [3.8, 4) is 0 Å². The van der Waals surface area contributed by atoms with Gasteiger partial charge in [-0.25, -0.2) is 8.78 Å². The van der Waals surface area contributed by atoms with Crippen LogP contribution in [-0.2, 0) is 0 Å². The highest BCUT2D eigenvalue weighted by atomic mass is 19.3. The van der Waals surface area contributed by atoms with Crippen LogP contribution in [0.2, 0.25) is 0 Å². The van der Waals surface area contributed by atoms with Crippen LogP contribution >= 0.6 is 0 Å². The average Bonchev–Trinajstić information content (AvgIpc) is 1.79. The number of nitrogens with two attached hydrogens (primary N) is 1. The summed E-state index contributed by atoms with van der Waals surface area (Å²) in [4.78, 5) is 0. The van der Waals surface area contributed by atoms with Crippen molar-refractivity contribution in [3.05, 3.63) is 0 Å². The minimum Gasteiger partial charge on any atom is -0.325 e. The molecule has 0 unspecified atom stereocenters. The predicted octanol–water partition coefficient (Wildman–Crippen LogP) is 2.55. The number of rotatable bonds is 2. The maximum atomic E-state index is 12.5. The molecule has 0 aromatic heterocycles. The number of hydrogen-bond donors (Lipinski definition) is 1. The molecule has 2 fully saturated rings. The fraction of sp³-hybridized carbons (Fsp3) is 1.00. The molecule has 0 bridgehead atoms. The van der Waals surface area contributed by atoms with E-state index in [1.807, 2.05) is 0 Å². The minimum atomic E-state index is -2.38. The minimum absolute atomic E-state index is 0.0698. The predicted molar refractivity (Wildman–Crippen MR) is 47.6 cm³/mol. The maximum absolute atomic E-state index is 12.5. The Kier molecular flexibility index (Phi) is 1.92. The van der Waals surface area contributed by atoms with Crippen LogP contribution in [0.4, 0.5) is 8.78 Å². The zero-order valence-corrected chi connectivity index (χ0v) is 8.02. The van der Waals surface area contributed by atoms with Crippen molar-refractivity contribution < 1.29 is 8.78 Å². The summed E-state index contributed by atoms with van der Waals surface area (Å²) in [6.07, 6.45) is 3.00. The van der Waals surface area contributed by atoms with Crippen LogP contribution in [-0.4, -0.2) is 11.5 Å². The Morgan fingerprint density at radius 2 is 1.77 bits per heavy atom. The molecule has 2 aliphatic rings. The third-order valence-corrected chi connectivity index (χ3v) is 3.38. The fourth-order valence-electron chi connectivity index (χ4n) is 3.00. The lowest BCUT2D eigenvalue weighted by Gasteiger charge is -2.48. The number of alkyl halides is 2. The Hall–Kier alpha value is -0.180. The molecular weight excluding hydrogens is 172 g/mol. The van der Waals surface area contributed by atoms with Gasteiger partial charge in [-0.2, -0.15) is 0 Å². The van der Waals surface area contributed by atoms with Crippen LogP contribution in [0, 0.1) is 11.8 Å². The molecule has 3 heteroatoms. The lowest BCUT2D eigenvalue weighted by molar-refractivity contribution is -0.120. The van der Waals surface area contributed by atoms with Gasteiger partial charge in [0.25, 0.3) is 0 Å². The molecule has 0 aromatic carbocycles. The van der Waals surface area contributed by atoms with Crippen molar-refractivity contribution in [2.45, 2.75) is 50.5 Å². The third-order valence-electron chi connectivity index (χ3n) is 3.38. The van der Waals surface area contributed by atoms with Gasteiger partial charge in [-0.1, -0.05) is 6.92 Å². The van der Waals surface area contributed by atoms with E-state index in [4.69, 9.17) is 5.73 Å². The maximum Gasteiger partial charge on any atom is 0.248 e. The average molecular weight is 189 g/mol. The molecule has 0 saturated heterocycles. The van der Waals surface area contributed by atoms with Crippen molar-refractivity contribution in [2.24, 2.45) is 17.6 Å². The van der Waals surface area contributed by atoms with Crippen molar-refractivity contribution in [1.82, 2.24) is 0 Å². The first-order valence-corrected chi connectivity index (χ1v) is 5.05. The van der Waals surface area contributed by atoms with Gasteiger partial charge in [0.1, 0.15) is 0 Å². The summed E-state index contributed by atoms with van der Waals surface area (Å²) in [5.41, 5.74) is 5.95. The van der Waals surface area contributed by atoms with Crippen molar-refractivity contribution >= 4 is 0 Å². The van der Waals surface area contributed by atoms with Crippen LogP contribution < -0.4 is 5.73 Å². The van der Waals surface area contributed by atoms with Crippen LogP contribution in [0.25, 0.3) is 0 Å². The Morgan fingerprint density at radius 3 is 2.15 bits per heavy atom. The lowest BCUT2D eigenvalue weighted by atomic mass is 9.62. The smallest absolute Gasteiger partial charge is 0.248 e. The van der Waals surface area contributed by atoms with E-state index >= 15 is 0 Å². The Labute approximate surface area is 77.7 Å². The normalized spacial score (nSPS) is 43.8. The standard InChI is InChI=1S/C10H17F2N/c1-7-2-9(13,3-7)4-8-5-10(11,12)6-8/h7-8H,2-6,13H2,1H3. The molecule has 2 rings (SSSR count). The van der Waals surface area contributed by atoms with Crippen molar-refractivity contribution in [3.63, 3.8) is 0 Å². The summed E-state index contributed by atoms with van der Waals surface area (Å²) in [5, 5.41) is 0. The number of halogens is 2. The molecule has 2 saturated carbocycles. The molecule has 0 atom stereocenters. The van der Waals surface area contributed by atoms with Gasteiger partial charge < -0.3 is 5.73 Å². The third kappa shape index (κ3) is 1.85. The number of hydrogen-bond acceptors (Lipinski definition) is 1. The van der Waals surface area contributed by atoms with Gasteiger partial charge in [0.05, 0.1) is 0 Å². The fourth-order valence-corrected chi connectivity index (χ4v) is 3.00. The van der Waals surface area contributed by atoms with Gasteiger partial charge in [0.2, 0.25) is 5.92 Å². The molecule has 2 aliphatic carbocycles. The van der Waals surface area contributed by atoms with Crippen LogP contribution in [0.3, 0.4) is 0 Å². The largest absolute Gasteiger partial charge is 0.325 e. The molecule has 76 valence electrons. The second-order valence-electron chi connectivity index (χ2n) is 5.21. The van der Waals surface area contributed by atoms with Crippen molar-refractivity contribution in [1.29, 1.82) is 0 Å². The molecule has 0 aromatic rings. The van der Waals surface area contributed by atoms with Crippen LogP contribution in [0.5, 0.6) is 0 Å². The summed E-state index contributed by atoms with van der Waals surface area (Å²) in [5.74, 6) is -1.49. The summed E-state index contributed by atoms with van der Waals surface area (Å²) < 4.78 is 25.0. The van der Waals surface area contributed by atoms with E-state index in [1.165, 1.54) is 0 Å². The summed E-state index contributed by atoms with van der Waals surface area (Å²) >= 11 is 0. The molecule has 0 heterocycles. The van der Waals surface area contributed by atoms with Crippen LogP contribution in [0.1, 0.15) is 39.0 Å². The molecule has 0 spiro atoms. The second-order valence-corrected chi connectivity index (χ2v) is 5.21. The van der Waals surface area contributed by atoms with E-state index in [2.05, 4.69) is 6.92 Å².